The smallest absolute Gasteiger partial charge is 0.225 e. The molecule has 1 unspecified atom stereocenters. The van der Waals surface area contributed by atoms with Gasteiger partial charge in [0, 0.05) is 11.1 Å². The lowest BCUT2D eigenvalue weighted by atomic mass is 10.0. The van der Waals surface area contributed by atoms with Crippen LogP contribution in [-0.2, 0) is 11.2 Å². The van der Waals surface area contributed by atoms with Crippen molar-refractivity contribution < 1.29 is 23.8 Å². The third kappa shape index (κ3) is 4.39. The number of ether oxygens (including phenoxy) is 3. The second kappa shape index (κ2) is 8.12. The molecule has 1 aliphatic rings. The largest absolute Gasteiger partial charge is 0.496 e. The van der Waals surface area contributed by atoms with E-state index >= 15 is 0 Å². The Morgan fingerprint density at radius 2 is 1.85 bits per heavy atom. The van der Waals surface area contributed by atoms with Crippen molar-refractivity contribution in [3.63, 3.8) is 0 Å². The molecule has 1 amide bonds. The predicted octanol–water partition coefficient (Wildman–Crippen LogP) is 3.09. The van der Waals surface area contributed by atoms with Crippen LogP contribution in [0.5, 0.6) is 17.2 Å². The minimum atomic E-state index is -0.199. The second-order valence-electron chi connectivity index (χ2n) is 6.45. The minimum absolute atomic E-state index is 0.0519. The number of carbonyl (C=O) groups excluding carboxylic acids is 2. The third-order valence-electron chi connectivity index (χ3n) is 4.48. The Balaban J connectivity index is 1.70. The van der Waals surface area contributed by atoms with Gasteiger partial charge in [-0.2, -0.15) is 0 Å². The minimum Gasteiger partial charge on any atom is -0.496 e. The molecule has 1 atom stereocenters. The molecule has 0 saturated carbocycles. The molecule has 0 radical (unpaired) electrons. The Kier molecular flexibility index (Phi) is 5.64. The number of methoxy groups -OCH3 is 1. The lowest BCUT2D eigenvalue weighted by Crippen LogP contribution is -2.28. The van der Waals surface area contributed by atoms with E-state index < -0.39 is 0 Å². The van der Waals surface area contributed by atoms with E-state index in [0.29, 0.717) is 41.6 Å². The number of carbonyl (C=O) groups is 2. The number of fused-ring (bicyclic) bond motifs is 1. The highest BCUT2D eigenvalue weighted by Crippen LogP contribution is 2.32. The number of Topliss-reactive ketones (excluding diaryl/α,β-unsaturated/α-hetero) is 1. The van der Waals surface area contributed by atoms with E-state index in [9.17, 15) is 9.59 Å². The Morgan fingerprint density at radius 3 is 2.56 bits per heavy atom. The summed E-state index contributed by atoms with van der Waals surface area (Å²) in [6.07, 6.45) is 0.124. The number of hydrogen-bond donors (Lipinski definition) is 1. The van der Waals surface area contributed by atoms with Gasteiger partial charge in [0.2, 0.25) is 5.91 Å². The molecule has 0 bridgehead atoms. The topological polar surface area (TPSA) is 73.9 Å². The van der Waals surface area contributed by atoms with Gasteiger partial charge in [-0.15, -0.1) is 0 Å². The molecule has 27 heavy (non-hydrogen) atoms. The zero-order chi connectivity index (χ0) is 19.4. The number of rotatable bonds is 6. The van der Waals surface area contributed by atoms with Gasteiger partial charge in [0.1, 0.15) is 19.0 Å². The molecule has 1 aliphatic heterocycles. The van der Waals surface area contributed by atoms with Crippen LogP contribution in [-0.4, -0.2) is 32.0 Å². The zero-order valence-corrected chi connectivity index (χ0v) is 15.7. The van der Waals surface area contributed by atoms with E-state index in [-0.39, 0.29) is 24.2 Å². The van der Waals surface area contributed by atoms with Crippen LogP contribution in [0.3, 0.4) is 0 Å². The molecule has 0 fully saturated rings. The van der Waals surface area contributed by atoms with Gasteiger partial charge in [-0.05, 0) is 49.7 Å². The highest BCUT2D eigenvalue weighted by Gasteiger charge is 2.17. The van der Waals surface area contributed by atoms with Crippen LogP contribution in [0.15, 0.2) is 36.4 Å². The molecule has 6 heteroatoms. The van der Waals surface area contributed by atoms with Crippen molar-refractivity contribution in [1.29, 1.82) is 0 Å². The Bertz CT molecular complexity index is 862. The van der Waals surface area contributed by atoms with Crippen molar-refractivity contribution in [1.82, 2.24) is 5.32 Å². The van der Waals surface area contributed by atoms with Crippen molar-refractivity contribution in [3.05, 3.63) is 53.1 Å². The van der Waals surface area contributed by atoms with Crippen LogP contribution >= 0.6 is 0 Å². The van der Waals surface area contributed by atoms with Gasteiger partial charge in [0.15, 0.2) is 17.3 Å². The number of benzene rings is 2. The average Bonchev–Trinajstić information content (AvgIpc) is 2.67. The van der Waals surface area contributed by atoms with Crippen molar-refractivity contribution in [2.45, 2.75) is 26.3 Å². The Labute approximate surface area is 158 Å². The Morgan fingerprint density at radius 1 is 1.11 bits per heavy atom. The standard InChI is InChI=1S/C21H23NO5/c1-13(15-4-7-19-20(11-15)27-9-8-26-19)22-21(24)12-17-10-16(14(2)23)5-6-18(17)25-3/h4-7,10-11,13H,8-9,12H2,1-3H3,(H,22,24). The van der Waals surface area contributed by atoms with Gasteiger partial charge >= 0.3 is 0 Å². The van der Waals surface area contributed by atoms with Crippen molar-refractivity contribution in [2.75, 3.05) is 20.3 Å². The van der Waals surface area contributed by atoms with E-state index in [2.05, 4.69) is 5.32 Å². The van der Waals surface area contributed by atoms with E-state index in [1.54, 1.807) is 25.3 Å². The maximum Gasteiger partial charge on any atom is 0.225 e. The SMILES string of the molecule is COc1ccc(C(C)=O)cc1CC(=O)NC(C)c1ccc2c(c1)OCCO2. The maximum absolute atomic E-state index is 12.5. The molecule has 0 aliphatic carbocycles. The first-order chi connectivity index (χ1) is 13.0. The lowest BCUT2D eigenvalue weighted by molar-refractivity contribution is -0.121. The fourth-order valence-electron chi connectivity index (χ4n) is 3.01. The summed E-state index contributed by atoms with van der Waals surface area (Å²) in [5, 5.41) is 2.98. The summed E-state index contributed by atoms with van der Waals surface area (Å²) in [5.74, 6) is 1.78. The van der Waals surface area contributed by atoms with Crippen molar-refractivity contribution in [3.8, 4) is 17.2 Å². The van der Waals surface area contributed by atoms with Crippen LogP contribution < -0.4 is 19.5 Å². The third-order valence-corrected chi connectivity index (χ3v) is 4.48. The van der Waals surface area contributed by atoms with E-state index in [1.807, 2.05) is 25.1 Å². The summed E-state index contributed by atoms with van der Waals surface area (Å²) in [7, 11) is 1.54. The zero-order valence-electron chi connectivity index (χ0n) is 15.7. The number of hydrogen-bond acceptors (Lipinski definition) is 5. The summed E-state index contributed by atoms with van der Waals surface area (Å²) in [5.41, 5.74) is 2.16. The molecule has 2 aromatic carbocycles. The summed E-state index contributed by atoms with van der Waals surface area (Å²) >= 11 is 0. The highest BCUT2D eigenvalue weighted by atomic mass is 16.6. The van der Waals surface area contributed by atoms with E-state index in [4.69, 9.17) is 14.2 Å². The molecule has 0 saturated heterocycles. The molecular formula is C21H23NO5. The van der Waals surface area contributed by atoms with Crippen LogP contribution in [0.4, 0.5) is 0 Å². The molecule has 3 rings (SSSR count). The summed E-state index contributed by atoms with van der Waals surface area (Å²) < 4.78 is 16.4. The van der Waals surface area contributed by atoms with Crippen LogP contribution in [0.25, 0.3) is 0 Å². The van der Waals surface area contributed by atoms with Gasteiger partial charge in [0.05, 0.1) is 19.6 Å². The fourth-order valence-corrected chi connectivity index (χ4v) is 3.01. The lowest BCUT2D eigenvalue weighted by Gasteiger charge is -2.21. The van der Waals surface area contributed by atoms with Crippen LogP contribution in [0.1, 0.15) is 41.4 Å². The summed E-state index contributed by atoms with van der Waals surface area (Å²) in [4.78, 5) is 24.1. The second-order valence-corrected chi connectivity index (χ2v) is 6.45. The van der Waals surface area contributed by atoms with E-state index in [0.717, 1.165) is 5.56 Å². The van der Waals surface area contributed by atoms with Gasteiger partial charge in [0.25, 0.3) is 0 Å². The fraction of sp³-hybridized carbons (Fsp3) is 0.333. The normalized spacial score (nSPS) is 13.6. The molecule has 1 N–H and O–H groups in total. The first-order valence-corrected chi connectivity index (χ1v) is 8.84. The quantitative estimate of drug-likeness (QED) is 0.792. The van der Waals surface area contributed by atoms with Crippen molar-refractivity contribution in [2.24, 2.45) is 0 Å². The van der Waals surface area contributed by atoms with Gasteiger partial charge in [-0.1, -0.05) is 6.07 Å². The molecule has 6 nitrogen and oxygen atoms in total. The highest BCUT2D eigenvalue weighted by molar-refractivity contribution is 5.94. The molecule has 1 heterocycles. The predicted molar refractivity (Wildman–Crippen MR) is 101 cm³/mol. The number of ketones is 1. The molecule has 142 valence electrons. The molecule has 0 spiro atoms. The monoisotopic (exact) mass is 369 g/mol. The van der Waals surface area contributed by atoms with E-state index in [1.165, 1.54) is 6.92 Å². The molecule has 2 aromatic rings. The number of nitrogens with one attached hydrogen (secondary N) is 1. The van der Waals surface area contributed by atoms with Gasteiger partial charge in [-0.25, -0.2) is 0 Å². The average molecular weight is 369 g/mol. The van der Waals surface area contributed by atoms with Crippen LogP contribution in [0, 0.1) is 0 Å². The van der Waals surface area contributed by atoms with Crippen LogP contribution in [0.2, 0.25) is 0 Å². The first kappa shape index (κ1) is 18.8. The maximum atomic E-state index is 12.5. The molecular weight excluding hydrogens is 346 g/mol. The Hall–Kier alpha value is -3.02. The summed E-state index contributed by atoms with van der Waals surface area (Å²) in [6, 6.07) is 10.6. The first-order valence-electron chi connectivity index (χ1n) is 8.84. The molecule has 0 aromatic heterocycles. The summed E-state index contributed by atoms with van der Waals surface area (Å²) in [6.45, 7) is 4.46. The van der Waals surface area contributed by atoms with Gasteiger partial charge in [-0.3, -0.25) is 9.59 Å². The number of amides is 1. The van der Waals surface area contributed by atoms with Crippen molar-refractivity contribution >= 4 is 11.7 Å². The van der Waals surface area contributed by atoms with Gasteiger partial charge < -0.3 is 19.5 Å².